The molecule has 2 rings (SSSR count). The predicted molar refractivity (Wildman–Crippen MR) is 83.5 cm³/mol. The van der Waals surface area contributed by atoms with Crippen molar-refractivity contribution < 1.29 is 4.79 Å². The zero-order valence-electron chi connectivity index (χ0n) is 10.5. The van der Waals surface area contributed by atoms with Crippen LogP contribution in [0.25, 0.3) is 0 Å². The minimum atomic E-state index is -0.165. The normalized spacial score (nSPS) is 10.3. The van der Waals surface area contributed by atoms with E-state index in [-0.39, 0.29) is 5.91 Å². The molecule has 0 aliphatic rings. The van der Waals surface area contributed by atoms with Gasteiger partial charge in [-0.25, -0.2) is 0 Å². The molecule has 98 valence electrons. The van der Waals surface area contributed by atoms with Gasteiger partial charge in [0.25, 0.3) is 5.91 Å². The van der Waals surface area contributed by atoms with Gasteiger partial charge >= 0.3 is 0 Å². The molecule has 0 radical (unpaired) electrons. The molecule has 2 aromatic rings. The van der Waals surface area contributed by atoms with Crippen molar-refractivity contribution in [2.24, 2.45) is 0 Å². The molecule has 0 saturated heterocycles. The summed E-state index contributed by atoms with van der Waals surface area (Å²) in [5, 5.41) is 2.93. The average molecular weight is 384 g/mol. The Labute approximate surface area is 128 Å². The van der Waals surface area contributed by atoms with Gasteiger partial charge < -0.3 is 5.32 Å². The van der Waals surface area contributed by atoms with Crippen LogP contribution in [0.5, 0.6) is 0 Å². The van der Waals surface area contributed by atoms with Crippen molar-refractivity contribution in [3.05, 3.63) is 56.2 Å². The van der Waals surface area contributed by atoms with Crippen LogP contribution in [0.1, 0.15) is 21.5 Å². The molecule has 19 heavy (non-hydrogen) atoms. The summed E-state index contributed by atoms with van der Waals surface area (Å²) in [7, 11) is 0. The Morgan fingerprint density at radius 3 is 2.26 bits per heavy atom. The Hall–Kier alpha value is -1.20. The maximum absolute atomic E-state index is 12.2. The van der Waals surface area contributed by atoms with Crippen LogP contribution in [0.3, 0.4) is 0 Å². The zero-order valence-corrected chi connectivity index (χ0v) is 13.7. The maximum Gasteiger partial charge on any atom is 0.257 e. The van der Waals surface area contributed by atoms with Gasteiger partial charge in [-0.15, -0.1) is 0 Å². The van der Waals surface area contributed by atoms with Crippen molar-refractivity contribution in [1.82, 2.24) is 4.98 Å². The number of benzene rings is 1. The molecule has 0 spiro atoms. The first-order chi connectivity index (χ1) is 8.97. The molecule has 0 atom stereocenters. The first-order valence-corrected chi connectivity index (χ1v) is 7.24. The molecule has 0 fully saturated rings. The van der Waals surface area contributed by atoms with Gasteiger partial charge in [-0.3, -0.25) is 9.78 Å². The lowest BCUT2D eigenvalue weighted by Gasteiger charge is -2.12. The summed E-state index contributed by atoms with van der Waals surface area (Å²) in [4.78, 5) is 16.2. The molecule has 0 aliphatic heterocycles. The number of rotatable bonds is 2. The molecule has 1 aromatic heterocycles. The second-order valence-electron chi connectivity index (χ2n) is 4.26. The van der Waals surface area contributed by atoms with Crippen LogP contribution in [0, 0.1) is 13.8 Å². The number of aryl methyl sites for hydroxylation is 2. The van der Waals surface area contributed by atoms with Gasteiger partial charge in [0.1, 0.15) is 0 Å². The zero-order chi connectivity index (χ0) is 14.0. The van der Waals surface area contributed by atoms with E-state index >= 15 is 0 Å². The quantitative estimate of drug-likeness (QED) is 0.830. The number of hydrogen-bond donors (Lipinski definition) is 1. The summed E-state index contributed by atoms with van der Waals surface area (Å²) in [6.45, 7) is 3.93. The standard InChI is InChI=1S/C14H12Br2N2O/c1-8-3-11(15)4-9(2)13(8)18-14(19)10-5-12(16)7-17-6-10/h3-7H,1-2H3,(H,18,19). The third-order valence-corrected chi connectivity index (χ3v) is 3.59. The van der Waals surface area contributed by atoms with Crippen LogP contribution in [0.4, 0.5) is 5.69 Å². The van der Waals surface area contributed by atoms with E-state index in [1.54, 1.807) is 18.5 Å². The Kier molecular flexibility index (Phi) is 4.37. The lowest BCUT2D eigenvalue weighted by molar-refractivity contribution is 0.102. The SMILES string of the molecule is Cc1cc(Br)cc(C)c1NC(=O)c1cncc(Br)c1. The monoisotopic (exact) mass is 382 g/mol. The lowest BCUT2D eigenvalue weighted by atomic mass is 10.1. The molecular formula is C14H12Br2N2O. The van der Waals surface area contributed by atoms with Crippen molar-refractivity contribution in [2.45, 2.75) is 13.8 Å². The highest BCUT2D eigenvalue weighted by atomic mass is 79.9. The van der Waals surface area contributed by atoms with Gasteiger partial charge in [-0.1, -0.05) is 15.9 Å². The predicted octanol–water partition coefficient (Wildman–Crippen LogP) is 4.48. The van der Waals surface area contributed by atoms with Gasteiger partial charge in [-0.05, 0) is 59.1 Å². The summed E-state index contributed by atoms with van der Waals surface area (Å²) in [6.07, 6.45) is 3.19. The van der Waals surface area contributed by atoms with Crippen LogP contribution >= 0.6 is 31.9 Å². The highest BCUT2D eigenvalue weighted by molar-refractivity contribution is 9.10. The van der Waals surface area contributed by atoms with Gasteiger partial charge in [0.2, 0.25) is 0 Å². The number of pyridine rings is 1. The van der Waals surface area contributed by atoms with Crippen molar-refractivity contribution >= 4 is 43.5 Å². The van der Waals surface area contributed by atoms with Crippen LogP contribution < -0.4 is 5.32 Å². The Bertz CT molecular complexity index is 618. The minimum absolute atomic E-state index is 0.165. The molecule has 1 aromatic carbocycles. The number of carbonyl (C=O) groups excluding carboxylic acids is 1. The fraction of sp³-hybridized carbons (Fsp3) is 0.143. The molecule has 3 nitrogen and oxygen atoms in total. The summed E-state index contributed by atoms with van der Waals surface area (Å²) in [6, 6.07) is 5.69. The minimum Gasteiger partial charge on any atom is -0.321 e. The number of hydrogen-bond acceptors (Lipinski definition) is 2. The molecule has 1 amide bonds. The Morgan fingerprint density at radius 2 is 1.68 bits per heavy atom. The van der Waals surface area contributed by atoms with E-state index in [0.29, 0.717) is 5.56 Å². The van der Waals surface area contributed by atoms with E-state index in [9.17, 15) is 4.79 Å². The number of aromatic nitrogens is 1. The molecule has 0 aliphatic carbocycles. The fourth-order valence-corrected chi connectivity index (χ4v) is 2.88. The summed E-state index contributed by atoms with van der Waals surface area (Å²) < 4.78 is 1.79. The first-order valence-electron chi connectivity index (χ1n) is 5.66. The van der Waals surface area contributed by atoms with Crippen molar-refractivity contribution in [3.63, 3.8) is 0 Å². The van der Waals surface area contributed by atoms with Gasteiger partial charge in [0.15, 0.2) is 0 Å². The summed E-state index contributed by atoms with van der Waals surface area (Å²) in [5.41, 5.74) is 3.40. The molecule has 1 heterocycles. The third-order valence-electron chi connectivity index (χ3n) is 2.70. The molecule has 0 bridgehead atoms. The van der Waals surface area contributed by atoms with Gasteiger partial charge in [0, 0.05) is 27.0 Å². The van der Waals surface area contributed by atoms with Crippen LogP contribution in [-0.2, 0) is 0 Å². The van der Waals surface area contributed by atoms with E-state index < -0.39 is 0 Å². The molecule has 0 unspecified atom stereocenters. The Balaban J connectivity index is 2.29. The van der Waals surface area contributed by atoms with E-state index in [1.807, 2.05) is 26.0 Å². The summed E-state index contributed by atoms with van der Waals surface area (Å²) in [5.74, 6) is -0.165. The smallest absolute Gasteiger partial charge is 0.257 e. The van der Waals surface area contributed by atoms with Crippen molar-refractivity contribution in [2.75, 3.05) is 5.32 Å². The molecular weight excluding hydrogens is 372 g/mol. The van der Waals surface area contributed by atoms with Gasteiger partial charge in [0.05, 0.1) is 5.56 Å². The highest BCUT2D eigenvalue weighted by Gasteiger charge is 2.11. The van der Waals surface area contributed by atoms with Crippen LogP contribution in [0.2, 0.25) is 0 Å². The van der Waals surface area contributed by atoms with E-state index in [1.165, 1.54) is 0 Å². The van der Waals surface area contributed by atoms with Crippen molar-refractivity contribution in [3.8, 4) is 0 Å². The lowest BCUT2D eigenvalue weighted by Crippen LogP contribution is -2.14. The number of amides is 1. The summed E-state index contributed by atoms with van der Waals surface area (Å²) >= 11 is 6.74. The van der Waals surface area contributed by atoms with Gasteiger partial charge in [-0.2, -0.15) is 0 Å². The average Bonchev–Trinajstić information content (AvgIpc) is 2.33. The first kappa shape index (κ1) is 14.2. The maximum atomic E-state index is 12.2. The highest BCUT2D eigenvalue weighted by Crippen LogP contribution is 2.25. The number of anilines is 1. The second kappa shape index (κ2) is 5.84. The van der Waals surface area contributed by atoms with E-state index in [4.69, 9.17) is 0 Å². The molecule has 1 N–H and O–H groups in total. The van der Waals surface area contributed by atoms with E-state index in [2.05, 4.69) is 42.2 Å². The Morgan fingerprint density at radius 1 is 1.05 bits per heavy atom. The number of nitrogens with zero attached hydrogens (tertiary/aromatic N) is 1. The van der Waals surface area contributed by atoms with Crippen LogP contribution in [-0.4, -0.2) is 10.9 Å². The van der Waals surface area contributed by atoms with E-state index in [0.717, 1.165) is 25.8 Å². The van der Waals surface area contributed by atoms with Crippen LogP contribution in [0.15, 0.2) is 39.5 Å². The number of carbonyl (C=O) groups is 1. The number of halogens is 2. The second-order valence-corrected chi connectivity index (χ2v) is 6.09. The molecule has 5 heteroatoms. The largest absolute Gasteiger partial charge is 0.321 e. The fourth-order valence-electron chi connectivity index (χ4n) is 1.83. The van der Waals surface area contributed by atoms with Crippen molar-refractivity contribution in [1.29, 1.82) is 0 Å². The third kappa shape index (κ3) is 3.42. The molecule has 0 saturated carbocycles. The number of nitrogens with one attached hydrogen (secondary N) is 1. The topological polar surface area (TPSA) is 42.0 Å².